The Morgan fingerprint density at radius 1 is 0.880 bits per heavy atom. The standard InChI is InChI=1S/C19H17N3O3/c20-10-12-22(13-11-21)19(23)15-25-18-9-5-4-8-17(18)24-14-16-6-2-1-3-7-16/h1-9H,12-15H2. The second kappa shape index (κ2) is 9.59. The van der Waals surface area contributed by atoms with Crippen molar-refractivity contribution in [2.24, 2.45) is 0 Å². The van der Waals surface area contributed by atoms with E-state index in [0.29, 0.717) is 18.1 Å². The van der Waals surface area contributed by atoms with Crippen LogP contribution in [-0.4, -0.2) is 30.5 Å². The van der Waals surface area contributed by atoms with Gasteiger partial charge in [0.05, 0.1) is 12.1 Å². The molecule has 25 heavy (non-hydrogen) atoms. The predicted octanol–water partition coefficient (Wildman–Crippen LogP) is 2.52. The van der Waals surface area contributed by atoms with Crippen LogP contribution in [0.2, 0.25) is 0 Å². The van der Waals surface area contributed by atoms with E-state index in [4.69, 9.17) is 20.0 Å². The van der Waals surface area contributed by atoms with Gasteiger partial charge in [-0.05, 0) is 17.7 Å². The van der Waals surface area contributed by atoms with Gasteiger partial charge in [0.25, 0.3) is 5.91 Å². The minimum Gasteiger partial charge on any atom is -0.485 e. The average molecular weight is 335 g/mol. The lowest BCUT2D eigenvalue weighted by Crippen LogP contribution is -2.35. The van der Waals surface area contributed by atoms with Gasteiger partial charge in [-0.3, -0.25) is 4.79 Å². The number of ether oxygens (including phenoxy) is 2. The van der Waals surface area contributed by atoms with E-state index in [-0.39, 0.29) is 19.7 Å². The molecule has 0 saturated carbocycles. The summed E-state index contributed by atoms with van der Waals surface area (Å²) in [6, 6.07) is 20.4. The summed E-state index contributed by atoms with van der Waals surface area (Å²) in [5.74, 6) is 0.521. The monoisotopic (exact) mass is 335 g/mol. The van der Waals surface area contributed by atoms with Gasteiger partial charge in [0.2, 0.25) is 0 Å². The quantitative estimate of drug-likeness (QED) is 0.692. The topological polar surface area (TPSA) is 86.4 Å². The van der Waals surface area contributed by atoms with Crippen molar-refractivity contribution in [1.82, 2.24) is 4.90 Å². The highest BCUT2D eigenvalue weighted by Gasteiger charge is 2.14. The summed E-state index contributed by atoms with van der Waals surface area (Å²) < 4.78 is 11.3. The molecule has 0 heterocycles. The van der Waals surface area contributed by atoms with Crippen molar-refractivity contribution in [3.05, 3.63) is 60.2 Å². The number of carbonyl (C=O) groups is 1. The van der Waals surface area contributed by atoms with E-state index in [0.717, 1.165) is 10.5 Å². The Morgan fingerprint density at radius 3 is 2.04 bits per heavy atom. The molecule has 2 rings (SSSR count). The summed E-state index contributed by atoms with van der Waals surface area (Å²) >= 11 is 0. The van der Waals surface area contributed by atoms with Gasteiger partial charge >= 0.3 is 0 Å². The highest BCUT2D eigenvalue weighted by Crippen LogP contribution is 2.27. The van der Waals surface area contributed by atoms with Gasteiger partial charge in [-0.1, -0.05) is 42.5 Å². The van der Waals surface area contributed by atoms with Crippen LogP contribution in [0.5, 0.6) is 11.5 Å². The van der Waals surface area contributed by atoms with Crippen molar-refractivity contribution in [3.8, 4) is 23.6 Å². The molecule has 0 unspecified atom stereocenters. The van der Waals surface area contributed by atoms with E-state index in [1.165, 1.54) is 0 Å². The van der Waals surface area contributed by atoms with Gasteiger partial charge in [0.15, 0.2) is 18.1 Å². The molecule has 0 aliphatic carbocycles. The van der Waals surface area contributed by atoms with Crippen molar-refractivity contribution < 1.29 is 14.3 Å². The van der Waals surface area contributed by atoms with Crippen LogP contribution >= 0.6 is 0 Å². The molecule has 0 bridgehead atoms. The second-order valence-electron chi connectivity index (χ2n) is 5.08. The van der Waals surface area contributed by atoms with Crippen LogP contribution in [0.1, 0.15) is 5.56 Å². The summed E-state index contributed by atoms with van der Waals surface area (Å²) in [7, 11) is 0. The van der Waals surface area contributed by atoms with E-state index in [1.807, 2.05) is 48.5 Å². The summed E-state index contributed by atoms with van der Waals surface area (Å²) in [6.07, 6.45) is 0. The molecule has 0 aromatic heterocycles. The summed E-state index contributed by atoms with van der Waals surface area (Å²) in [4.78, 5) is 13.2. The molecule has 0 aliphatic rings. The molecule has 0 radical (unpaired) electrons. The third-order valence-electron chi connectivity index (χ3n) is 3.31. The Bertz CT molecular complexity index is 762. The van der Waals surface area contributed by atoms with Crippen molar-refractivity contribution in [2.75, 3.05) is 19.7 Å². The third kappa shape index (κ3) is 5.56. The highest BCUT2D eigenvalue weighted by atomic mass is 16.5. The third-order valence-corrected chi connectivity index (χ3v) is 3.31. The van der Waals surface area contributed by atoms with E-state index < -0.39 is 5.91 Å². The first-order chi connectivity index (χ1) is 12.2. The van der Waals surface area contributed by atoms with Crippen LogP contribution in [0.4, 0.5) is 0 Å². The molecule has 2 aromatic carbocycles. The molecule has 0 aliphatic heterocycles. The van der Waals surface area contributed by atoms with Crippen LogP contribution in [0, 0.1) is 22.7 Å². The van der Waals surface area contributed by atoms with Gasteiger partial charge in [-0.25, -0.2) is 0 Å². The number of benzene rings is 2. The van der Waals surface area contributed by atoms with Crippen LogP contribution in [0.3, 0.4) is 0 Å². The summed E-state index contributed by atoms with van der Waals surface area (Å²) in [6.45, 7) is -0.191. The van der Waals surface area contributed by atoms with Crippen LogP contribution in [0.15, 0.2) is 54.6 Å². The maximum atomic E-state index is 12.0. The van der Waals surface area contributed by atoms with Gasteiger partial charge in [-0.2, -0.15) is 10.5 Å². The Hall–Kier alpha value is -3.51. The Balaban J connectivity index is 1.97. The fourth-order valence-corrected chi connectivity index (χ4v) is 2.06. The number of carbonyl (C=O) groups excluding carboxylic acids is 1. The second-order valence-corrected chi connectivity index (χ2v) is 5.08. The molecule has 126 valence electrons. The zero-order chi connectivity index (χ0) is 17.9. The molecule has 0 saturated heterocycles. The largest absolute Gasteiger partial charge is 0.485 e. The first-order valence-corrected chi connectivity index (χ1v) is 7.65. The zero-order valence-corrected chi connectivity index (χ0v) is 13.6. The van der Waals surface area contributed by atoms with Crippen molar-refractivity contribution >= 4 is 5.91 Å². The first kappa shape index (κ1) is 17.8. The van der Waals surface area contributed by atoms with Crippen LogP contribution in [0.25, 0.3) is 0 Å². The molecule has 6 heteroatoms. The Kier molecular flexibility index (Phi) is 6.84. The number of hydrogen-bond acceptors (Lipinski definition) is 5. The molecule has 0 fully saturated rings. The van der Waals surface area contributed by atoms with Crippen molar-refractivity contribution in [3.63, 3.8) is 0 Å². The van der Waals surface area contributed by atoms with Gasteiger partial charge < -0.3 is 14.4 Å². The highest BCUT2D eigenvalue weighted by molar-refractivity contribution is 5.78. The van der Waals surface area contributed by atoms with E-state index >= 15 is 0 Å². The van der Waals surface area contributed by atoms with E-state index in [2.05, 4.69) is 0 Å². The van der Waals surface area contributed by atoms with Gasteiger partial charge in [0, 0.05) is 0 Å². The number of amides is 1. The van der Waals surface area contributed by atoms with Crippen LogP contribution < -0.4 is 9.47 Å². The fourth-order valence-electron chi connectivity index (χ4n) is 2.06. The number of nitriles is 2. The molecular formula is C19H17N3O3. The van der Waals surface area contributed by atoms with E-state index in [9.17, 15) is 4.79 Å². The Labute approximate surface area is 146 Å². The van der Waals surface area contributed by atoms with Gasteiger partial charge in [0.1, 0.15) is 19.7 Å². The molecule has 0 atom stereocenters. The summed E-state index contributed by atoms with van der Waals surface area (Å²) in [5, 5.41) is 17.4. The number of hydrogen-bond donors (Lipinski definition) is 0. The zero-order valence-electron chi connectivity index (χ0n) is 13.6. The SMILES string of the molecule is N#CCN(CC#N)C(=O)COc1ccccc1OCc1ccccc1. The van der Waals surface area contributed by atoms with E-state index in [1.54, 1.807) is 18.2 Å². The predicted molar refractivity (Wildman–Crippen MR) is 90.5 cm³/mol. The molecule has 2 aromatic rings. The number of para-hydroxylation sites is 2. The maximum Gasteiger partial charge on any atom is 0.262 e. The summed E-state index contributed by atoms with van der Waals surface area (Å²) in [5.41, 5.74) is 1.02. The minimum atomic E-state index is -0.430. The molecule has 0 N–H and O–H groups in total. The normalized spacial score (nSPS) is 9.52. The molecular weight excluding hydrogens is 318 g/mol. The first-order valence-electron chi connectivity index (χ1n) is 7.65. The smallest absolute Gasteiger partial charge is 0.262 e. The molecule has 6 nitrogen and oxygen atoms in total. The van der Waals surface area contributed by atoms with Crippen molar-refractivity contribution in [1.29, 1.82) is 10.5 Å². The molecule has 0 spiro atoms. The number of rotatable bonds is 8. The van der Waals surface area contributed by atoms with Crippen molar-refractivity contribution in [2.45, 2.75) is 6.61 Å². The molecule has 1 amide bonds. The maximum absolute atomic E-state index is 12.0. The number of nitrogens with zero attached hydrogens (tertiary/aromatic N) is 3. The minimum absolute atomic E-state index is 0.151. The average Bonchev–Trinajstić information content (AvgIpc) is 2.65. The Morgan fingerprint density at radius 2 is 1.44 bits per heavy atom. The van der Waals surface area contributed by atoms with Crippen LogP contribution in [-0.2, 0) is 11.4 Å². The lowest BCUT2D eigenvalue weighted by Gasteiger charge is -2.17. The van der Waals surface area contributed by atoms with Gasteiger partial charge in [-0.15, -0.1) is 0 Å². The lowest BCUT2D eigenvalue weighted by molar-refractivity contribution is -0.132. The fraction of sp³-hybridized carbons (Fsp3) is 0.211. The lowest BCUT2D eigenvalue weighted by atomic mass is 10.2.